The van der Waals surface area contributed by atoms with Gasteiger partial charge in [0.1, 0.15) is 0 Å². The van der Waals surface area contributed by atoms with Crippen LogP contribution < -0.4 is 10.4 Å². The number of allylic oxidation sites excluding steroid dienone is 3. The van der Waals surface area contributed by atoms with Crippen molar-refractivity contribution in [2.45, 2.75) is 51.5 Å². The average molecular weight is 377 g/mol. The first kappa shape index (κ1) is 19.8. The minimum atomic E-state index is -2.40. The standard InChI is InChI=1S/C25H32OSi/c1-25(2,3)27(23-16-10-6-11-17-23,24-18-12-7-13-19-24)26-21-20-22-14-8-4-5-9-15-22/h6-8,10-19H,4-5,9,20-21H2,1-3H3. The molecule has 0 saturated carbocycles. The van der Waals surface area contributed by atoms with Crippen LogP contribution in [0.2, 0.25) is 5.04 Å². The molecule has 0 aliphatic heterocycles. The molecular weight excluding hydrogens is 344 g/mol. The molecule has 0 spiro atoms. The highest BCUT2D eigenvalue weighted by atomic mass is 28.4. The maximum absolute atomic E-state index is 6.97. The van der Waals surface area contributed by atoms with Crippen LogP contribution in [0.15, 0.2) is 84.5 Å². The van der Waals surface area contributed by atoms with Gasteiger partial charge in [-0.1, -0.05) is 105 Å². The summed E-state index contributed by atoms with van der Waals surface area (Å²) in [4.78, 5) is 0. The lowest BCUT2D eigenvalue weighted by molar-refractivity contribution is 0.302. The van der Waals surface area contributed by atoms with Gasteiger partial charge in [0.15, 0.2) is 0 Å². The van der Waals surface area contributed by atoms with Gasteiger partial charge < -0.3 is 4.43 Å². The molecule has 0 radical (unpaired) electrons. The molecule has 0 saturated heterocycles. The Morgan fingerprint density at radius 3 is 2.00 bits per heavy atom. The molecule has 3 rings (SSSR count). The lowest BCUT2D eigenvalue weighted by atomic mass is 10.1. The number of benzene rings is 2. The second-order valence-electron chi connectivity index (χ2n) is 8.37. The molecule has 0 aromatic heterocycles. The van der Waals surface area contributed by atoms with Crippen molar-refractivity contribution in [3.63, 3.8) is 0 Å². The molecule has 2 aromatic carbocycles. The van der Waals surface area contributed by atoms with Crippen molar-refractivity contribution in [1.29, 1.82) is 0 Å². The van der Waals surface area contributed by atoms with Crippen LogP contribution >= 0.6 is 0 Å². The smallest absolute Gasteiger partial charge is 0.261 e. The van der Waals surface area contributed by atoms with Gasteiger partial charge >= 0.3 is 0 Å². The van der Waals surface area contributed by atoms with E-state index in [4.69, 9.17) is 4.43 Å². The summed E-state index contributed by atoms with van der Waals surface area (Å²) in [6.45, 7) is 7.78. The summed E-state index contributed by atoms with van der Waals surface area (Å²) in [5, 5.41) is 2.76. The van der Waals surface area contributed by atoms with Crippen molar-refractivity contribution in [3.8, 4) is 0 Å². The first-order chi connectivity index (χ1) is 13.0. The number of hydrogen-bond donors (Lipinski definition) is 0. The van der Waals surface area contributed by atoms with Gasteiger partial charge in [-0.2, -0.15) is 0 Å². The van der Waals surface area contributed by atoms with Crippen molar-refractivity contribution in [2.75, 3.05) is 6.61 Å². The molecule has 1 aliphatic carbocycles. The van der Waals surface area contributed by atoms with E-state index in [2.05, 4.69) is 99.7 Å². The lowest BCUT2D eigenvalue weighted by Crippen LogP contribution is -2.66. The molecule has 27 heavy (non-hydrogen) atoms. The maximum Gasteiger partial charge on any atom is 0.261 e. The first-order valence-corrected chi connectivity index (χ1v) is 12.1. The average Bonchev–Trinajstić information content (AvgIpc) is 2.94. The number of rotatable bonds is 6. The molecular formula is C25H32OSi. The molecule has 0 atom stereocenters. The second-order valence-corrected chi connectivity index (χ2v) is 12.7. The molecule has 0 N–H and O–H groups in total. The minimum absolute atomic E-state index is 0.0450. The Bertz CT molecular complexity index is 729. The van der Waals surface area contributed by atoms with E-state index < -0.39 is 8.32 Å². The van der Waals surface area contributed by atoms with Gasteiger partial charge in [0.25, 0.3) is 8.32 Å². The predicted molar refractivity (Wildman–Crippen MR) is 119 cm³/mol. The fourth-order valence-corrected chi connectivity index (χ4v) is 8.66. The Morgan fingerprint density at radius 1 is 0.852 bits per heavy atom. The highest BCUT2D eigenvalue weighted by Gasteiger charge is 2.49. The Balaban J connectivity index is 1.95. The molecule has 2 aromatic rings. The monoisotopic (exact) mass is 376 g/mol. The van der Waals surface area contributed by atoms with E-state index in [1.807, 2.05) is 0 Å². The van der Waals surface area contributed by atoms with Crippen LogP contribution in [-0.4, -0.2) is 14.9 Å². The van der Waals surface area contributed by atoms with Crippen molar-refractivity contribution in [1.82, 2.24) is 0 Å². The summed E-state index contributed by atoms with van der Waals surface area (Å²) in [6, 6.07) is 21.8. The Hall–Kier alpha value is -1.90. The summed E-state index contributed by atoms with van der Waals surface area (Å²) in [5.74, 6) is 0. The zero-order chi connectivity index (χ0) is 19.2. The summed E-state index contributed by atoms with van der Waals surface area (Å²) in [7, 11) is -2.40. The largest absolute Gasteiger partial charge is 0.407 e. The molecule has 0 amide bonds. The predicted octanol–water partition coefficient (Wildman–Crippen LogP) is 5.62. The first-order valence-electron chi connectivity index (χ1n) is 10.1. The minimum Gasteiger partial charge on any atom is -0.407 e. The fourth-order valence-electron chi connectivity index (χ4n) is 4.09. The second kappa shape index (κ2) is 8.86. The van der Waals surface area contributed by atoms with Gasteiger partial charge in [0.2, 0.25) is 0 Å². The van der Waals surface area contributed by atoms with E-state index in [0.717, 1.165) is 13.0 Å². The van der Waals surface area contributed by atoms with E-state index in [0.29, 0.717) is 0 Å². The van der Waals surface area contributed by atoms with Crippen LogP contribution in [0.25, 0.3) is 0 Å². The quantitative estimate of drug-likeness (QED) is 0.595. The van der Waals surface area contributed by atoms with Crippen molar-refractivity contribution in [3.05, 3.63) is 84.5 Å². The lowest BCUT2D eigenvalue weighted by Gasteiger charge is -2.43. The summed E-state index contributed by atoms with van der Waals surface area (Å²) in [6.07, 6.45) is 11.6. The van der Waals surface area contributed by atoms with Crippen molar-refractivity contribution < 1.29 is 4.43 Å². The molecule has 2 heteroatoms. The van der Waals surface area contributed by atoms with Gasteiger partial charge in [0, 0.05) is 6.61 Å². The van der Waals surface area contributed by atoms with Crippen LogP contribution in [0.4, 0.5) is 0 Å². The Labute approximate surface area is 165 Å². The van der Waals surface area contributed by atoms with Crippen LogP contribution in [-0.2, 0) is 4.43 Å². The van der Waals surface area contributed by atoms with Crippen LogP contribution in [0, 0.1) is 0 Å². The Morgan fingerprint density at radius 2 is 1.44 bits per heavy atom. The van der Waals surface area contributed by atoms with Gasteiger partial charge in [0.05, 0.1) is 0 Å². The van der Waals surface area contributed by atoms with Crippen LogP contribution in [0.1, 0.15) is 46.5 Å². The summed E-state index contributed by atoms with van der Waals surface area (Å²) >= 11 is 0. The summed E-state index contributed by atoms with van der Waals surface area (Å²) in [5.41, 5.74) is 1.42. The zero-order valence-corrected chi connectivity index (χ0v) is 17.9. The summed E-state index contributed by atoms with van der Waals surface area (Å²) < 4.78 is 6.97. The van der Waals surface area contributed by atoms with Gasteiger partial charge in [-0.15, -0.1) is 0 Å². The molecule has 0 fully saturated rings. The van der Waals surface area contributed by atoms with E-state index in [1.165, 1.54) is 35.2 Å². The van der Waals surface area contributed by atoms with Crippen molar-refractivity contribution >= 4 is 18.7 Å². The molecule has 0 bridgehead atoms. The SMILES string of the molecule is CC(C)(C)[Si](OCCC1=CCCCC=C1)(c1ccccc1)c1ccccc1. The van der Waals surface area contributed by atoms with E-state index in [9.17, 15) is 0 Å². The van der Waals surface area contributed by atoms with E-state index >= 15 is 0 Å². The molecule has 1 aliphatic rings. The van der Waals surface area contributed by atoms with Crippen LogP contribution in [0.5, 0.6) is 0 Å². The van der Waals surface area contributed by atoms with Gasteiger partial charge in [-0.3, -0.25) is 0 Å². The highest BCUT2D eigenvalue weighted by molar-refractivity contribution is 6.99. The molecule has 0 heterocycles. The third-order valence-electron chi connectivity index (χ3n) is 5.44. The molecule has 1 nitrogen and oxygen atoms in total. The molecule has 0 unspecified atom stereocenters. The third kappa shape index (κ3) is 4.51. The zero-order valence-electron chi connectivity index (χ0n) is 16.9. The van der Waals surface area contributed by atoms with Gasteiger partial charge in [-0.05, 0) is 41.1 Å². The van der Waals surface area contributed by atoms with Gasteiger partial charge in [-0.25, -0.2) is 0 Å². The van der Waals surface area contributed by atoms with E-state index in [-0.39, 0.29) is 5.04 Å². The molecule has 142 valence electrons. The topological polar surface area (TPSA) is 9.23 Å². The maximum atomic E-state index is 6.97. The Kier molecular flexibility index (Phi) is 6.51. The number of hydrogen-bond acceptors (Lipinski definition) is 1. The third-order valence-corrected chi connectivity index (χ3v) is 10.5. The van der Waals surface area contributed by atoms with Crippen LogP contribution in [0.3, 0.4) is 0 Å². The highest BCUT2D eigenvalue weighted by Crippen LogP contribution is 2.37. The van der Waals surface area contributed by atoms with E-state index in [1.54, 1.807) is 0 Å². The van der Waals surface area contributed by atoms with Crippen molar-refractivity contribution in [2.24, 2.45) is 0 Å². The normalized spacial score (nSPS) is 15.3. The fraction of sp³-hybridized carbons (Fsp3) is 0.360.